The maximum absolute atomic E-state index is 13.9. The Labute approximate surface area is 206 Å². The first kappa shape index (κ1) is 23.2. The number of carbonyl (C=O) groups is 2. The van der Waals surface area contributed by atoms with E-state index in [0.29, 0.717) is 18.8 Å². The van der Waals surface area contributed by atoms with Gasteiger partial charge in [-0.15, -0.1) is 11.3 Å². The minimum atomic E-state index is -0.960. The number of fused-ring (bicyclic) bond motifs is 3. The summed E-state index contributed by atoms with van der Waals surface area (Å²) >= 11 is 1.74. The Morgan fingerprint density at radius 1 is 1.15 bits per heavy atom. The van der Waals surface area contributed by atoms with E-state index in [2.05, 4.69) is 61.0 Å². The fourth-order valence-electron chi connectivity index (χ4n) is 5.43. The Hall–Kier alpha value is -2.60. The highest BCUT2D eigenvalue weighted by molar-refractivity contribution is 7.19. The van der Waals surface area contributed by atoms with Crippen LogP contribution in [-0.4, -0.2) is 32.9 Å². The third kappa shape index (κ3) is 4.06. The summed E-state index contributed by atoms with van der Waals surface area (Å²) in [5.41, 5.74) is 3.03. The van der Waals surface area contributed by atoms with E-state index in [1.165, 1.54) is 10.4 Å². The van der Waals surface area contributed by atoms with Crippen molar-refractivity contribution in [1.29, 1.82) is 0 Å². The van der Waals surface area contributed by atoms with E-state index in [4.69, 9.17) is 0 Å². The maximum atomic E-state index is 13.9. The molecule has 1 aliphatic heterocycles. The number of aromatic nitrogens is 1. The standard InChI is InChI=1S/C28H35N3O2S/c1-5-22-14-23-25(34-22)15-24-26(32)31(16-20-10-6-18(2)7-11-20)28(4,17-30(23)24)27(33)29-21-12-8-19(3)9-13-21/h6-7,10-11,14-15,19,21H,5,8-9,12-13,16-17H2,1-4H3,(H,29,33)/t19?,21?,28-/m1/s1. The van der Waals surface area contributed by atoms with Gasteiger partial charge in [-0.25, -0.2) is 0 Å². The summed E-state index contributed by atoms with van der Waals surface area (Å²) in [6.07, 6.45) is 5.28. The number of amides is 2. The average molecular weight is 478 g/mol. The molecule has 0 saturated heterocycles. The Kier molecular flexibility index (Phi) is 6.05. The second-order valence-electron chi connectivity index (χ2n) is 10.5. The van der Waals surface area contributed by atoms with Crippen LogP contribution in [0.1, 0.15) is 72.9 Å². The first-order chi connectivity index (χ1) is 16.3. The third-order valence-corrected chi connectivity index (χ3v) is 9.03. The predicted molar refractivity (Wildman–Crippen MR) is 138 cm³/mol. The zero-order valence-electron chi connectivity index (χ0n) is 20.7. The number of nitrogens with zero attached hydrogens (tertiary/aromatic N) is 2. The van der Waals surface area contributed by atoms with E-state index >= 15 is 0 Å². The van der Waals surface area contributed by atoms with Gasteiger partial charge in [0, 0.05) is 17.5 Å². The molecule has 1 N–H and O–H groups in total. The minimum absolute atomic E-state index is 0.0361. The number of hydrogen-bond acceptors (Lipinski definition) is 3. The van der Waals surface area contributed by atoms with Crippen molar-refractivity contribution in [2.75, 3.05) is 0 Å². The molecule has 0 unspecified atom stereocenters. The van der Waals surface area contributed by atoms with Crippen molar-refractivity contribution >= 4 is 33.4 Å². The van der Waals surface area contributed by atoms with E-state index < -0.39 is 5.54 Å². The molecule has 5 nitrogen and oxygen atoms in total. The van der Waals surface area contributed by atoms with Crippen LogP contribution in [0.25, 0.3) is 10.2 Å². The zero-order valence-corrected chi connectivity index (χ0v) is 21.5. The van der Waals surface area contributed by atoms with Crippen molar-refractivity contribution in [2.24, 2.45) is 5.92 Å². The molecule has 1 aromatic carbocycles. The van der Waals surface area contributed by atoms with E-state index in [1.807, 2.05) is 13.0 Å². The lowest BCUT2D eigenvalue weighted by molar-refractivity contribution is -0.134. The maximum Gasteiger partial charge on any atom is 0.271 e. The van der Waals surface area contributed by atoms with Crippen molar-refractivity contribution in [2.45, 2.75) is 84.5 Å². The van der Waals surface area contributed by atoms with Gasteiger partial charge in [0.15, 0.2) is 0 Å². The van der Waals surface area contributed by atoms with Crippen LogP contribution in [0.15, 0.2) is 36.4 Å². The van der Waals surface area contributed by atoms with Gasteiger partial charge in [0.25, 0.3) is 5.91 Å². The van der Waals surface area contributed by atoms with Gasteiger partial charge in [-0.05, 0) is 69.6 Å². The van der Waals surface area contributed by atoms with Gasteiger partial charge in [0.2, 0.25) is 5.91 Å². The van der Waals surface area contributed by atoms with Crippen molar-refractivity contribution in [1.82, 2.24) is 14.8 Å². The van der Waals surface area contributed by atoms with Gasteiger partial charge >= 0.3 is 0 Å². The molecule has 1 fully saturated rings. The summed E-state index contributed by atoms with van der Waals surface area (Å²) in [5, 5.41) is 3.34. The molecule has 0 radical (unpaired) electrons. The molecule has 6 heteroatoms. The number of thiophene rings is 1. The fourth-order valence-corrected chi connectivity index (χ4v) is 6.47. The molecule has 2 aliphatic rings. The van der Waals surface area contributed by atoms with Crippen LogP contribution < -0.4 is 5.32 Å². The van der Waals surface area contributed by atoms with Crippen LogP contribution in [0.3, 0.4) is 0 Å². The molecule has 1 atom stereocenters. The molecule has 1 aliphatic carbocycles. The molecule has 1 saturated carbocycles. The molecule has 5 rings (SSSR count). The molecular formula is C28H35N3O2S. The first-order valence-corrected chi connectivity index (χ1v) is 13.4. The van der Waals surface area contributed by atoms with Crippen molar-refractivity contribution in [3.05, 3.63) is 58.1 Å². The van der Waals surface area contributed by atoms with E-state index in [-0.39, 0.29) is 17.9 Å². The molecule has 0 spiro atoms. The summed E-state index contributed by atoms with van der Waals surface area (Å²) in [4.78, 5) is 30.9. The molecule has 3 heterocycles. The number of benzene rings is 1. The van der Waals surface area contributed by atoms with Gasteiger partial charge < -0.3 is 14.8 Å². The number of nitrogens with one attached hydrogen (secondary N) is 1. The SMILES string of the molecule is CCc1cc2c(cc3n2C[C@](C)(C(=O)NC2CCC(C)CC2)N(Cc2ccc(C)cc2)C3=O)s1. The molecule has 2 aromatic heterocycles. The average Bonchev–Trinajstić information content (AvgIpc) is 3.38. The van der Waals surface area contributed by atoms with Gasteiger partial charge in [0.05, 0.1) is 16.8 Å². The summed E-state index contributed by atoms with van der Waals surface area (Å²) < 4.78 is 3.21. The topological polar surface area (TPSA) is 54.3 Å². The van der Waals surface area contributed by atoms with Gasteiger partial charge in [0.1, 0.15) is 11.2 Å². The Morgan fingerprint density at radius 3 is 2.53 bits per heavy atom. The molecule has 0 bridgehead atoms. The highest BCUT2D eigenvalue weighted by Gasteiger charge is 2.48. The van der Waals surface area contributed by atoms with Crippen LogP contribution in [0.2, 0.25) is 0 Å². The lowest BCUT2D eigenvalue weighted by Crippen LogP contribution is -2.64. The van der Waals surface area contributed by atoms with Crippen molar-refractivity contribution in [3.8, 4) is 0 Å². The predicted octanol–water partition coefficient (Wildman–Crippen LogP) is 5.68. The molecule has 180 valence electrons. The monoisotopic (exact) mass is 477 g/mol. The first-order valence-electron chi connectivity index (χ1n) is 12.6. The molecule has 2 amide bonds. The van der Waals surface area contributed by atoms with E-state index in [1.54, 1.807) is 16.2 Å². The normalized spacial score (nSPS) is 24.9. The lowest BCUT2D eigenvalue weighted by Gasteiger charge is -2.45. The van der Waals surface area contributed by atoms with E-state index in [9.17, 15) is 9.59 Å². The van der Waals surface area contributed by atoms with Crippen LogP contribution in [0.5, 0.6) is 0 Å². The highest BCUT2D eigenvalue weighted by atomic mass is 32.1. The fraction of sp³-hybridized carbons (Fsp3) is 0.500. The van der Waals surface area contributed by atoms with Crippen LogP contribution >= 0.6 is 11.3 Å². The summed E-state index contributed by atoms with van der Waals surface area (Å²) in [5.74, 6) is 0.620. The number of rotatable bonds is 5. The quantitative estimate of drug-likeness (QED) is 0.514. The van der Waals surface area contributed by atoms with Gasteiger partial charge in [-0.3, -0.25) is 9.59 Å². The van der Waals surface area contributed by atoms with E-state index in [0.717, 1.165) is 53.8 Å². The third-order valence-electron chi connectivity index (χ3n) is 7.82. The summed E-state index contributed by atoms with van der Waals surface area (Å²) in [6, 6.07) is 12.6. The smallest absolute Gasteiger partial charge is 0.271 e. The molecule has 3 aromatic rings. The molecule has 34 heavy (non-hydrogen) atoms. The molecular weight excluding hydrogens is 442 g/mol. The second-order valence-corrected chi connectivity index (χ2v) is 11.7. The Balaban J connectivity index is 1.51. The van der Waals surface area contributed by atoms with Gasteiger partial charge in [-0.2, -0.15) is 0 Å². The minimum Gasteiger partial charge on any atom is -0.351 e. The van der Waals surface area contributed by atoms with Crippen molar-refractivity contribution in [3.63, 3.8) is 0 Å². The highest BCUT2D eigenvalue weighted by Crippen LogP contribution is 2.37. The second kappa shape index (κ2) is 8.88. The summed E-state index contributed by atoms with van der Waals surface area (Å²) in [6.45, 7) is 9.33. The van der Waals surface area contributed by atoms with Crippen LogP contribution in [-0.2, 0) is 24.3 Å². The largest absolute Gasteiger partial charge is 0.351 e. The number of aryl methyl sites for hydroxylation is 2. The van der Waals surface area contributed by atoms with Crippen LogP contribution in [0.4, 0.5) is 0 Å². The lowest BCUT2D eigenvalue weighted by atomic mass is 9.86. The van der Waals surface area contributed by atoms with Gasteiger partial charge in [-0.1, -0.05) is 43.7 Å². The Morgan fingerprint density at radius 2 is 1.85 bits per heavy atom. The Bertz CT molecular complexity index is 1220. The zero-order chi connectivity index (χ0) is 24.0. The number of carbonyl (C=O) groups excluding carboxylic acids is 2. The summed E-state index contributed by atoms with van der Waals surface area (Å²) in [7, 11) is 0. The number of hydrogen-bond donors (Lipinski definition) is 1. The van der Waals surface area contributed by atoms with Crippen molar-refractivity contribution < 1.29 is 9.59 Å². The van der Waals surface area contributed by atoms with Crippen LogP contribution in [0, 0.1) is 12.8 Å².